The van der Waals surface area contributed by atoms with Crippen molar-refractivity contribution in [3.8, 4) is 0 Å². The van der Waals surface area contributed by atoms with Gasteiger partial charge in [0.25, 0.3) is 0 Å². The van der Waals surface area contributed by atoms with E-state index in [0.29, 0.717) is 6.10 Å². The number of hydrogen-bond acceptors (Lipinski definition) is 2. The minimum Gasteiger partial charge on any atom is -0.377 e. The van der Waals surface area contributed by atoms with Crippen LogP contribution < -0.4 is 0 Å². The Morgan fingerprint density at radius 1 is 1.30 bits per heavy atom. The topological polar surface area (TPSA) is 9.23 Å². The average Bonchev–Trinajstić information content (AvgIpc) is 1.89. The van der Waals surface area contributed by atoms with Gasteiger partial charge in [0, 0.05) is 11.7 Å². The highest BCUT2D eigenvalue weighted by atomic mass is 32.2. The summed E-state index contributed by atoms with van der Waals surface area (Å²) in [4.78, 5) is 0. The number of ether oxygens (including phenoxy) is 1. The van der Waals surface area contributed by atoms with Crippen molar-refractivity contribution < 1.29 is 4.74 Å². The summed E-state index contributed by atoms with van der Waals surface area (Å²) in [6.07, 6.45) is 4.75. The molecule has 0 bridgehead atoms. The molecule has 2 aliphatic rings. The van der Waals surface area contributed by atoms with Gasteiger partial charge in [-0.25, -0.2) is 0 Å². The summed E-state index contributed by atoms with van der Waals surface area (Å²) in [5.74, 6) is 3.64. The third-order valence-corrected chi connectivity index (χ3v) is 3.65. The normalized spacial score (nSPS) is 40.8. The molecule has 2 rings (SSSR count). The first-order valence-electron chi connectivity index (χ1n) is 4.16. The summed E-state index contributed by atoms with van der Waals surface area (Å²) in [7, 11) is 0. The van der Waals surface area contributed by atoms with Crippen LogP contribution in [0, 0.1) is 5.92 Å². The van der Waals surface area contributed by atoms with Gasteiger partial charge in [-0.1, -0.05) is 6.42 Å². The summed E-state index contributed by atoms with van der Waals surface area (Å²) < 4.78 is 5.46. The summed E-state index contributed by atoms with van der Waals surface area (Å²) >= 11 is 2.11. The molecule has 0 spiro atoms. The van der Waals surface area contributed by atoms with E-state index in [1.165, 1.54) is 30.8 Å². The van der Waals surface area contributed by atoms with Crippen molar-refractivity contribution >= 4 is 11.8 Å². The Hall–Kier alpha value is 0.310. The number of hydrogen-bond donors (Lipinski definition) is 0. The molecule has 2 heterocycles. The largest absolute Gasteiger partial charge is 0.377 e. The first kappa shape index (κ1) is 6.99. The van der Waals surface area contributed by atoms with Crippen LogP contribution in [0.4, 0.5) is 0 Å². The zero-order chi connectivity index (χ0) is 6.81. The second kappa shape index (κ2) is 3.14. The minimum atomic E-state index is 0.646. The molecule has 2 unspecified atom stereocenters. The lowest BCUT2D eigenvalue weighted by Gasteiger charge is -2.38. The first-order chi connectivity index (χ1) is 4.97. The fraction of sp³-hybridized carbons (Fsp3) is 1.00. The second-order valence-electron chi connectivity index (χ2n) is 3.20. The second-order valence-corrected chi connectivity index (χ2v) is 4.35. The first-order valence-corrected chi connectivity index (χ1v) is 5.31. The van der Waals surface area contributed by atoms with Gasteiger partial charge in [0.2, 0.25) is 0 Å². The maximum atomic E-state index is 5.46. The molecule has 10 heavy (non-hydrogen) atoms. The highest BCUT2D eigenvalue weighted by Gasteiger charge is 2.31. The summed E-state index contributed by atoms with van der Waals surface area (Å²) in [6, 6.07) is 0. The molecule has 0 aromatic rings. The SMILES string of the molecule is C1CCC2OCC2CSC1. The molecule has 2 heteroatoms. The quantitative estimate of drug-likeness (QED) is 0.532. The van der Waals surface area contributed by atoms with E-state index in [2.05, 4.69) is 11.8 Å². The van der Waals surface area contributed by atoms with E-state index < -0.39 is 0 Å². The molecule has 0 N–H and O–H groups in total. The minimum absolute atomic E-state index is 0.646. The Balaban J connectivity index is 1.83. The Morgan fingerprint density at radius 3 is 3.10 bits per heavy atom. The van der Waals surface area contributed by atoms with E-state index >= 15 is 0 Å². The molecule has 0 aromatic carbocycles. The number of thioether (sulfide) groups is 1. The molecule has 0 radical (unpaired) electrons. The van der Waals surface area contributed by atoms with Crippen LogP contribution in [0.5, 0.6) is 0 Å². The van der Waals surface area contributed by atoms with Gasteiger partial charge in [-0.3, -0.25) is 0 Å². The highest BCUT2D eigenvalue weighted by Crippen LogP contribution is 2.30. The Kier molecular flexibility index (Phi) is 2.19. The lowest BCUT2D eigenvalue weighted by Crippen LogP contribution is -2.41. The third kappa shape index (κ3) is 1.32. The van der Waals surface area contributed by atoms with Gasteiger partial charge < -0.3 is 4.74 Å². The van der Waals surface area contributed by atoms with E-state index in [-0.39, 0.29) is 0 Å². The predicted molar refractivity (Wildman–Crippen MR) is 44.4 cm³/mol. The van der Waals surface area contributed by atoms with Gasteiger partial charge in [0.05, 0.1) is 12.7 Å². The lowest BCUT2D eigenvalue weighted by atomic mass is 9.95. The van der Waals surface area contributed by atoms with Crippen molar-refractivity contribution in [1.29, 1.82) is 0 Å². The van der Waals surface area contributed by atoms with E-state index in [1.807, 2.05) is 0 Å². The average molecular weight is 158 g/mol. The molecule has 0 aromatic heterocycles. The van der Waals surface area contributed by atoms with E-state index in [4.69, 9.17) is 4.74 Å². The molecule has 0 saturated carbocycles. The zero-order valence-electron chi connectivity index (χ0n) is 6.21. The van der Waals surface area contributed by atoms with Crippen molar-refractivity contribution in [2.45, 2.75) is 25.4 Å². The van der Waals surface area contributed by atoms with Crippen LogP contribution in [0.3, 0.4) is 0 Å². The van der Waals surface area contributed by atoms with Crippen LogP contribution >= 0.6 is 11.8 Å². The third-order valence-electron chi connectivity index (χ3n) is 2.41. The summed E-state index contributed by atoms with van der Waals surface area (Å²) in [5.41, 5.74) is 0. The molecule has 1 nitrogen and oxygen atoms in total. The van der Waals surface area contributed by atoms with Crippen molar-refractivity contribution in [2.24, 2.45) is 5.92 Å². The van der Waals surface area contributed by atoms with Crippen LogP contribution in [0.25, 0.3) is 0 Å². The van der Waals surface area contributed by atoms with Crippen molar-refractivity contribution in [3.63, 3.8) is 0 Å². The zero-order valence-corrected chi connectivity index (χ0v) is 7.03. The van der Waals surface area contributed by atoms with Crippen molar-refractivity contribution in [3.05, 3.63) is 0 Å². The van der Waals surface area contributed by atoms with Crippen LogP contribution in [-0.2, 0) is 4.74 Å². The van der Waals surface area contributed by atoms with Crippen molar-refractivity contribution in [2.75, 3.05) is 18.1 Å². The van der Waals surface area contributed by atoms with E-state index in [9.17, 15) is 0 Å². The fourth-order valence-corrected chi connectivity index (χ4v) is 2.82. The molecule has 2 saturated heterocycles. The van der Waals surface area contributed by atoms with Crippen LogP contribution in [0.2, 0.25) is 0 Å². The van der Waals surface area contributed by atoms with Crippen LogP contribution in [0.1, 0.15) is 19.3 Å². The molecule has 2 atom stereocenters. The molecule has 0 aliphatic carbocycles. The smallest absolute Gasteiger partial charge is 0.0633 e. The molecule has 58 valence electrons. The van der Waals surface area contributed by atoms with E-state index in [1.54, 1.807) is 0 Å². The van der Waals surface area contributed by atoms with Gasteiger partial charge in [-0.15, -0.1) is 0 Å². The van der Waals surface area contributed by atoms with Gasteiger partial charge >= 0.3 is 0 Å². The van der Waals surface area contributed by atoms with Gasteiger partial charge in [0.1, 0.15) is 0 Å². The molecule has 2 fully saturated rings. The van der Waals surface area contributed by atoms with Crippen LogP contribution in [-0.4, -0.2) is 24.2 Å². The van der Waals surface area contributed by atoms with Crippen LogP contribution in [0.15, 0.2) is 0 Å². The van der Waals surface area contributed by atoms with Crippen molar-refractivity contribution in [1.82, 2.24) is 0 Å². The maximum absolute atomic E-state index is 5.46. The highest BCUT2D eigenvalue weighted by molar-refractivity contribution is 7.99. The predicted octanol–water partition coefficient (Wildman–Crippen LogP) is 1.92. The summed E-state index contributed by atoms with van der Waals surface area (Å²) in [6.45, 7) is 1.04. The Morgan fingerprint density at radius 2 is 2.30 bits per heavy atom. The standard InChI is InChI=1S/C8H14OS/c1-2-4-10-6-7-5-9-8(7)3-1/h7-8H,1-6H2. The lowest BCUT2D eigenvalue weighted by molar-refractivity contribution is -0.108. The van der Waals surface area contributed by atoms with Gasteiger partial charge in [-0.2, -0.15) is 11.8 Å². The fourth-order valence-electron chi connectivity index (χ4n) is 1.63. The molecular weight excluding hydrogens is 144 g/mol. The Bertz CT molecular complexity index is 102. The molecule has 0 amide bonds. The number of fused-ring (bicyclic) bond motifs is 1. The summed E-state index contributed by atoms with van der Waals surface area (Å²) in [5, 5.41) is 0. The van der Waals surface area contributed by atoms with Gasteiger partial charge in [0.15, 0.2) is 0 Å². The van der Waals surface area contributed by atoms with Gasteiger partial charge in [-0.05, 0) is 18.6 Å². The monoisotopic (exact) mass is 158 g/mol. The maximum Gasteiger partial charge on any atom is 0.0633 e. The Labute approximate surface area is 66.5 Å². The van der Waals surface area contributed by atoms with E-state index in [0.717, 1.165) is 12.5 Å². The molecule has 2 aliphatic heterocycles. The number of rotatable bonds is 0. The molecular formula is C8H14OS.